The Morgan fingerprint density at radius 1 is 1.03 bits per heavy atom. The van der Waals surface area contributed by atoms with Crippen molar-refractivity contribution in [1.29, 1.82) is 0 Å². The van der Waals surface area contributed by atoms with Crippen molar-refractivity contribution in [1.82, 2.24) is 14.7 Å². The van der Waals surface area contributed by atoms with Crippen molar-refractivity contribution >= 4 is 5.91 Å². The van der Waals surface area contributed by atoms with Gasteiger partial charge in [-0.05, 0) is 56.4 Å². The second-order valence-electron chi connectivity index (χ2n) is 11.6. The van der Waals surface area contributed by atoms with Crippen LogP contribution in [0, 0.1) is 0 Å². The van der Waals surface area contributed by atoms with Gasteiger partial charge in [0.15, 0.2) is 0 Å². The summed E-state index contributed by atoms with van der Waals surface area (Å²) in [6, 6.07) is 13.9. The zero-order valence-corrected chi connectivity index (χ0v) is 22.6. The molecule has 0 radical (unpaired) electrons. The van der Waals surface area contributed by atoms with Gasteiger partial charge in [0.2, 0.25) is 0 Å². The van der Waals surface area contributed by atoms with Crippen molar-refractivity contribution < 1.29 is 24.5 Å². The van der Waals surface area contributed by atoms with Crippen LogP contribution in [0.5, 0.6) is 11.5 Å². The number of fused-ring (bicyclic) bond motifs is 2. The number of hydrogen-bond acceptors (Lipinski definition) is 7. The lowest BCUT2D eigenvalue weighted by Crippen LogP contribution is -2.45. The standard InChI is InChI=1S/C30H41N3O5/c1-30(2,36)21-31-13-10-25(11-14-31)38-26-7-8-27-28(17-26)37-16-15-33(29(27)35)20-24(34)19-32-12-9-22-5-3-4-6-23(22)18-32/h3-8,17,24-25,34,36H,9-16,18-21H2,1-2H3/t24-/m1/s1. The molecule has 3 heterocycles. The Hall–Kier alpha value is -2.65. The Kier molecular flexibility index (Phi) is 8.23. The number of rotatable bonds is 8. The van der Waals surface area contributed by atoms with Crippen LogP contribution in [0.2, 0.25) is 0 Å². The normalized spacial score (nSPS) is 20.3. The van der Waals surface area contributed by atoms with E-state index in [1.807, 2.05) is 26.0 Å². The Morgan fingerprint density at radius 3 is 2.55 bits per heavy atom. The van der Waals surface area contributed by atoms with Gasteiger partial charge in [-0.1, -0.05) is 24.3 Å². The molecule has 0 aromatic heterocycles. The molecule has 2 aromatic rings. The van der Waals surface area contributed by atoms with Gasteiger partial charge in [0.25, 0.3) is 5.91 Å². The van der Waals surface area contributed by atoms with E-state index >= 15 is 0 Å². The maximum Gasteiger partial charge on any atom is 0.257 e. The van der Waals surface area contributed by atoms with Gasteiger partial charge in [-0.15, -0.1) is 0 Å². The molecule has 1 fully saturated rings. The zero-order valence-electron chi connectivity index (χ0n) is 22.6. The van der Waals surface area contributed by atoms with Gasteiger partial charge in [0.1, 0.15) is 24.2 Å². The smallest absolute Gasteiger partial charge is 0.257 e. The van der Waals surface area contributed by atoms with E-state index in [1.165, 1.54) is 11.1 Å². The molecule has 3 aliphatic rings. The quantitative estimate of drug-likeness (QED) is 0.550. The molecule has 0 bridgehead atoms. The molecule has 2 N–H and O–H groups in total. The zero-order chi connectivity index (χ0) is 26.7. The van der Waals surface area contributed by atoms with Crippen molar-refractivity contribution in [2.75, 3.05) is 52.4 Å². The number of amides is 1. The number of nitrogens with zero attached hydrogens (tertiary/aromatic N) is 3. The molecule has 0 saturated carbocycles. The number of benzene rings is 2. The molecule has 0 spiro atoms. The van der Waals surface area contributed by atoms with Crippen molar-refractivity contribution in [2.24, 2.45) is 0 Å². The summed E-state index contributed by atoms with van der Waals surface area (Å²) in [6.45, 7) is 9.46. The Morgan fingerprint density at radius 2 is 1.79 bits per heavy atom. The van der Waals surface area contributed by atoms with Crippen LogP contribution in [0.4, 0.5) is 0 Å². The summed E-state index contributed by atoms with van der Waals surface area (Å²) in [6.07, 6.45) is 2.23. The van der Waals surface area contributed by atoms with Gasteiger partial charge in [-0.2, -0.15) is 0 Å². The topological polar surface area (TPSA) is 85.7 Å². The summed E-state index contributed by atoms with van der Waals surface area (Å²) >= 11 is 0. The Labute approximate surface area is 225 Å². The molecule has 5 rings (SSSR count). The first-order chi connectivity index (χ1) is 18.2. The molecule has 1 amide bonds. The molecule has 206 valence electrons. The van der Waals surface area contributed by atoms with Crippen LogP contribution in [0.25, 0.3) is 0 Å². The van der Waals surface area contributed by atoms with Crippen LogP contribution in [-0.2, 0) is 13.0 Å². The first kappa shape index (κ1) is 26.9. The fraction of sp³-hybridized carbons (Fsp3) is 0.567. The third-order valence-corrected chi connectivity index (χ3v) is 7.65. The first-order valence-corrected chi connectivity index (χ1v) is 13.9. The van der Waals surface area contributed by atoms with E-state index in [1.54, 1.807) is 11.0 Å². The molecular formula is C30H41N3O5. The van der Waals surface area contributed by atoms with Crippen LogP contribution >= 0.6 is 0 Å². The minimum Gasteiger partial charge on any atom is -0.491 e. The highest BCUT2D eigenvalue weighted by molar-refractivity contribution is 5.97. The highest BCUT2D eigenvalue weighted by Gasteiger charge is 2.28. The van der Waals surface area contributed by atoms with Gasteiger partial charge < -0.3 is 29.5 Å². The van der Waals surface area contributed by atoms with Gasteiger partial charge in [-0.3, -0.25) is 9.69 Å². The first-order valence-electron chi connectivity index (χ1n) is 13.9. The molecule has 8 heteroatoms. The van der Waals surface area contributed by atoms with E-state index in [0.717, 1.165) is 45.4 Å². The Balaban J connectivity index is 1.14. The number of β-amino-alcohol motifs (C(OH)–C–C–N with tert-alkyl or cyclic N) is 2. The van der Waals surface area contributed by atoms with Gasteiger partial charge in [0.05, 0.1) is 23.8 Å². The molecule has 1 saturated heterocycles. The van der Waals surface area contributed by atoms with Crippen LogP contribution in [0.3, 0.4) is 0 Å². The summed E-state index contributed by atoms with van der Waals surface area (Å²) in [7, 11) is 0. The van der Waals surface area contributed by atoms with Gasteiger partial charge in [-0.25, -0.2) is 0 Å². The second-order valence-corrected chi connectivity index (χ2v) is 11.6. The lowest BCUT2D eigenvalue weighted by atomic mass is 10.00. The predicted octanol–water partition coefficient (Wildman–Crippen LogP) is 2.55. The number of aliphatic hydroxyl groups excluding tert-OH is 1. The monoisotopic (exact) mass is 523 g/mol. The van der Waals surface area contributed by atoms with Crippen molar-refractivity contribution in [2.45, 2.75) is 57.5 Å². The van der Waals surface area contributed by atoms with E-state index < -0.39 is 11.7 Å². The highest BCUT2D eigenvalue weighted by atomic mass is 16.5. The maximum atomic E-state index is 13.3. The minimum absolute atomic E-state index is 0.0981. The molecule has 0 unspecified atom stereocenters. The number of ether oxygens (including phenoxy) is 2. The number of carbonyl (C=O) groups is 1. The summed E-state index contributed by atoms with van der Waals surface area (Å²) in [5, 5.41) is 20.9. The van der Waals surface area contributed by atoms with Gasteiger partial charge >= 0.3 is 0 Å². The van der Waals surface area contributed by atoms with Crippen LogP contribution in [-0.4, -0.2) is 101 Å². The van der Waals surface area contributed by atoms with E-state index in [4.69, 9.17) is 9.47 Å². The molecule has 38 heavy (non-hydrogen) atoms. The molecule has 8 nitrogen and oxygen atoms in total. The summed E-state index contributed by atoms with van der Waals surface area (Å²) < 4.78 is 12.2. The van der Waals surface area contributed by atoms with Crippen LogP contribution in [0.15, 0.2) is 42.5 Å². The lowest BCUT2D eigenvalue weighted by molar-refractivity contribution is 0.0140. The van der Waals surface area contributed by atoms with E-state index in [-0.39, 0.29) is 18.6 Å². The third-order valence-electron chi connectivity index (χ3n) is 7.65. The molecule has 0 aliphatic carbocycles. The Bertz CT molecular complexity index is 1110. The molecular weight excluding hydrogens is 482 g/mol. The molecule has 1 atom stereocenters. The summed E-state index contributed by atoms with van der Waals surface area (Å²) in [5.41, 5.74) is 2.51. The number of carbonyl (C=O) groups excluding carboxylic acids is 1. The number of aliphatic hydroxyl groups is 2. The van der Waals surface area contributed by atoms with Crippen LogP contribution < -0.4 is 9.47 Å². The fourth-order valence-corrected chi connectivity index (χ4v) is 5.83. The average molecular weight is 524 g/mol. The van der Waals surface area contributed by atoms with Crippen molar-refractivity contribution in [3.63, 3.8) is 0 Å². The SMILES string of the molecule is CC(C)(O)CN1CCC(Oc2ccc3c(c2)OCCN(C[C@H](O)CN2CCc4ccccc4C2)C3=O)CC1. The molecule has 3 aliphatic heterocycles. The lowest BCUT2D eigenvalue weighted by Gasteiger charge is -2.35. The summed E-state index contributed by atoms with van der Waals surface area (Å²) in [5.74, 6) is 1.12. The number of hydrogen-bond donors (Lipinski definition) is 2. The van der Waals surface area contributed by atoms with Crippen LogP contribution in [0.1, 0.15) is 48.2 Å². The average Bonchev–Trinajstić information content (AvgIpc) is 3.02. The van der Waals surface area contributed by atoms with E-state index in [2.05, 4.69) is 34.1 Å². The largest absolute Gasteiger partial charge is 0.491 e. The van der Waals surface area contributed by atoms with Crippen molar-refractivity contribution in [3.8, 4) is 11.5 Å². The number of likely N-dealkylation sites (tertiary alicyclic amines) is 1. The van der Waals surface area contributed by atoms with Gasteiger partial charge in [0, 0.05) is 51.9 Å². The maximum absolute atomic E-state index is 13.3. The summed E-state index contributed by atoms with van der Waals surface area (Å²) in [4.78, 5) is 19.6. The highest BCUT2D eigenvalue weighted by Crippen LogP contribution is 2.30. The predicted molar refractivity (Wildman–Crippen MR) is 146 cm³/mol. The molecule has 2 aromatic carbocycles. The van der Waals surface area contributed by atoms with Crippen molar-refractivity contribution in [3.05, 3.63) is 59.2 Å². The minimum atomic E-state index is -0.696. The fourth-order valence-electron chi connectivity index (χ4n) is 5.83. The third kappa shape index (κ3) is 6.86. The number of piperidine rings is 1. The second kappa shape index (κ2) is 11.6. The van der Waals surface area contributed by atoms with E-state index in [9.17, 15) is 15.0 Å². The van der Waals surface area contributed by atoms with E-state index in [0.29, 0.717) is 43.3 Å².